The highest BCUT2D eigenvalue weighted by molar-refractivity contribution is 5.77. The lowest BCUT2D eigenvalue weighted by atomic mass is 10.1. The van der Waals surface area contributed by atoms with E-state index in [4.69, 9.17) is 5.11 Å². The molecule has 18 heavy (non-hydrogen) atoms. The van der Waals surface area contributed by atoms with E-state index >= 15 is 0 Å². The molecule has 0 saturated heterocycles. The predicted octanol–water partition coefficient (Wildman–Crippen LogP) is 2.33. The number of carboxylic acid groups (broad SMARTS) is 1. The summed E-state index contributed by atoms with van der Waals surface area (Å²) in [6, 6.07) is 6.31. The molecule has 0 aliphatic heterocycles. The molecule has 1 heterocycles. The minimum Gasteiger partial charge on any atom is -0.481 e. The highest BCUT2D eigenvalue weighted by Crippen LogP contribution is 2.34. The Labute approximate surface area is 102 Å². The van der Waals surface area contributed by atoms with Crippen LogP contribution in [0, 0.1) is 5.82 Å². The van der Waals surface area contributed by atoms with Gasteiger partial charge in [0.05, 0.1) is 11.3 Å². The van der Waals surface area contributed by atoms with E-state index in [0.717, 1.165) is 5.69 Å². The molecule has 0 bridgehead atoms. The molecule has 3 rings (SSSR count). The minimum absolute atomic E-state index is 0.364. The fraction of sp³-hybridized carbons (Fsp3) is 0.231. The van der Waals surface area contributed by atoms with Crippen molar-refractivity contribution in [1.29, 1.82) is 0 Å². The highest BCUT2D eigenvalue weighted by Gasteiger charge is 2.32. The molecule has 1 atom stereocenters. The fourth-order valence-electron chi connectivity index (χ4n) is 2.35. The largest absolute Gasteiger partial charge is 0.481 e. The van der Waals surface area contributed by atoms with Crippen LogP contribution < -0.4 is 0 Å². The third-order valence-electron chi connectivity index (χ3n) is 3.25. The maximum absolute atomic E-state index is 13.6. The maximum atomic E-state index is 13.6. The highest BCUT2D eigenvalue weighted by atomic mass is 19.1. The number of benzene rings is 1. The van der Waals surface area contributed by atoms with Gasteiger partial charge in [-0.2, -0.15) is 0 Å². The second-order valence-electron chi connectivity index (χ2n) is 4.36. The molecule has 4 nitrogen and oxygen atoms in total. The molecule has 0 saturated carbocycles. The summed E-state index contributed by atoms with van der Waals surface area (Å²) in [4.78, 5) is 18.3. The fourth-order valence-corrected chi connectivity index (χ4v) is 2.35. The van der Waals surface area contributed by atoms with Gasteiger partial charge in [0, 0.05) is 5.69 Å². The number of nitrogens with zero attached hydrogens (tertiary/aromatic N) is 1. The zero-order valence-electron chi connectivity index (χ0n) is 9.48. The van der Waals surface area contributed by atoms with Crippen molar-refractivity contribution in [3.63, 3.8) is 0 Å². The summed E-state index contributed by atoms with van der Waals surface area (Å²) in [6.45, 7) is 0. The summed E-state index contributed by atoms with van der Waals surface area (Å²) in [6.07, 6.45) is 1.20. The Morgan fingerprint density at radius 3 is 2.94 bits per heavy atom. The van der Waals surface area contributed by atoms with Crippen LogP contribution in [-0.4, -0.2) is 21.0 Å². The summed E-state index contributed by atoms with van der Waals surface area (Å²) < 4.78 is 13.6. The van der Waals surface area contributed by atoms with E-state index in [1.807, 2.05) is 0 Å². The molecule has 0 amide bonds. The van der Waals surface area contributed by atoms with Gasteiger partial charge >= 0.3 is 5.97 Å². The van der Waals surface area contributed by atoms with Crippen LogP contribution in [0.1, 0.15) is 23.7 Å². The number of nitrogens with one attached hydrogen (secondary N) is 1. The first-order chi connectivity index (χ1) is 8.66. The summed E-state index contributed by atoms with van der Waals surface area (Å²) in [5.74, 6) is -1.40. The lowest BCUT2D eigenvalue weighted by Crippen LogP contribution is -2.08. The molecule has 2 aromatic rings. The Bertz CT molecular complexity index is 621. The molecule has 1 aliphatic carbocycles. The molecule has 0 fully saturated rings. The van der Waals surface area contributed by atoms with Crippen molar-refractivity contribution < 1.29 is 14.3 Å². The number of aromatic amines is 1. The summed E-state index contributed by atoms with van der Waals surface area (Å²) in [5, 5.41) is 9.07. The molecule has 5 heteroatoms. The molecule has 1 aromatic heterocycles. The van der Waals surface area contributed by atoms with Crippen LogP contribution in [0.5, 0.6) is 0 Å². The number of carboxylic acids is 1. The standard InChI is InChI=1S/C13H11FN2O2/c14-9-4-2-1-3-7(9)12-15-10-6-5-8(13(17)18)11(10)16-12/h1-4,8H,5-6H2,(H,15,16)(H,17,18). The number of hydrogen-bond acceptors (Lipinski definition) is 2. The van der Waals surface area contributed by atoms with Gasteiger partial charge in [-0.25, -0.2) is 9.37 Å². The van der Waals surface area contributed by atoms with Crippen molar-refractivity contribution in [3.8, 4) is 11.4 Å². The Morgan fingerprint density at radius 1 is 1.44 bits per heavy atom. The number of imidazole rings is 1. The first-order valence-electron chi connectivity index (χ1n) is 5.73. The number of rotatable bonds is 2. The van der Waals surface area contributed by atoms with Crippen molar-refractivity contribution in [3.05, 3.63) is 41.5 Å². The molecule has 0 spiro atoms. The van der Waals surface area contributed by atoms with Gasteiger partial charge in [0.15, 0.2) is 0 Å². The predicted molar refractivity (Wildman–Crippen MR) is 62.7 cm³/mol. The third-order valence-corrected chi connectivity index (χ3v) is 3.25. The first-order valence-corrected chi connectivity index (χ1v) is 5.73. The van der Waals surface area contributed by atoms with Gasteiger partial charge in [-0.3, -0.25) is 4.79 Å². The molecule has 0 radical (unpaired) electrons. The van der Waals surface area contributed by atoms with Gasteiger partial charge in [0.1, 0.15) is 17.6 Å². The molecular formula is C13H11FN2O2. The van der Waals surface area contributed by atoms with E-state index < -0.39 is 11.9 Å². The number of carbonyl (C=O) groups is 1. The topological polar surface area (TPSA) is 66.0 Å². The van der Waals surface area contributed by atoms with Crippen LogP contribution >= 0.6 is 0 Å². The number of aromatic nitrogens is 2. The number of halogens is 1. The second-order valence-corrected chi connectivity index (χ2v) is 4.36. The number of aryl methyl sites for hydroxylation is 1. The second kappa shape index (κ2) is 3.94. The Hall–Kier alpha value is -2.17. The molecule has 1 unspecified atom stereocenters. The monoisotopic (exact) mass is 246 g/mol. The van der Waals surface area contributed by atoms with E-state index in [-0.39, 0.29) is 5.82 Å². The van der Waals surface area contributed by atoms with E-state index in [0.29, 0.717) is 29.9 Å². The van der Waals surface area contributed by atoms with Gasteiger partial charge in [0.25, 0.3) is 0 Å². The average molecular weight is 246 g/mol. The van der Waals surface area contributed by atoms with Crippen LogP contribution in [-0.2, 0) is 11.2 Å². The van der Waals surface area contributed by atoms with Gasteiger partial charge in [-0.05, 0) is 25.0 Å². The first kappa shape index (κ1) is 11.0. The van der Waals surface area contributed by atoms with Gasteiger partial charge < -0.3 is 10.1 Å². The number of hydrogen-bond donors (Lipinski definition) is 2. The molecular weight excluding hydrogens is 235 g/mol. The van der Waals surface area contributed by atoms with E-state index in [9.17, 15) is 9.18 Å². The van der Waals surface area contributed by atoms with Crippen LogP contribution in [0.2, 0.25) is 0 Å². The Morgan fingerprint density at radius 2 is 2.22 bits per heavy atom. The molecule has 2 N–H and O–H groups in total. The van der Waals surface area contributed by atoms with E-state index in [1.165, 1.54) is 6.07 Å². The van der Waals surface area contributed by atoms with Crippen LogP contribution in [0.25, 0.3) is 11.4 Å². The lowest BCUT2D eigenvalue weighted by Gasteiger charge is -2.02. The summed E-state index contributed by atoms with van der Waals surface area (Å²) in [5.41, 5.74) is 1.72. The van der Waals surface area contributed by atoms with Gasteiger partial charge in [0.2, 0.25) is 0 Å². The smallest absolute Gasteiger partial charge is 0.312 e. The lowest BCUT2D eigenvalue weighted by molar-refractivity contribution is -0.138. The quantitative estimate of drug-likeness (QED) is 0.854. The van der Waals surface area contributed by atoms with Crippen molar-refractivity contribution in [2.45, 2.75) is 18.8 Å². The number of fused-ring (bicyclic) bond motifs is 1. The van der Waals surface area contributed by atoms with Crippen molar-refractivity contribution in [1.82, 2.24) is 9.97 Å². The zero-order chi connectivity index (χ0) is 12.7. The van der Waals surface area contributed by atoms with E-state index in [1.54, 1.807) is 18.2 Å². The Balaban J connectivity index is 2.05. The van der Waals surface area contributed by atoms with Crippen molar-refractivity contribution >= 4 is 5.97 Å². The molecule has 1 aliphatic rings. The summed E-state index contributed by atoms with van der Waals surface area (Å²) in [7, 11) is 0. The SMILES string of the molecule is O=C(O)C1CCc2[nH]c(-c3ccccc3F)nc21. The zero-order valence-corrected chi connectivity index (χ0v) is 9.48. The normalized spacial score (nSPS) is 17.7. The van der Waals surface area contributed by atoms with Gasteiger partial charge in [-0.15, -0.1) is 0 Å². The van der Waals surface area contributed by atoms with Gasteiger partial charge in [-0.1, -0.05) is 12.1 Å². The van der Waals surface area contributed by atoms with Crippen LogP contribution in [0.15, 0.2) is 24.3 Å². The van der Waals surface area contributed by atoms with Crippen molar-refractivity contribution in [2.24, 2.45) is 0 Å². The van der Waals surface area contributed by atoms with Crippen LogP contribution in [0.3, 0.4) is 0 Å². The summed E-state index contributed by atoms with van der Waals surface area (Å²) >= 11 is 0. The molecule has 92 valence electrons. The number of aliphatic carboxylic acids is 1. The van der Waals surface area contributed by atoms with Crippen molar-refractivity contribution in [2.75, 3.05) is 0 Å². The average Bonchev–Trinajstić information content (AvgIpc) is 2.88. The maximum Gasteiger partial charge on any atom is 0.312 e. The minimum atomic E-state index is -0.875. The third kappa shape index (κ3) is 1.59. The Kier molecular flexibility index (Phi) is 2.40. The van der Waals surface area contributed by atoms with E-state index in [2.05, 4.69) is 9.97 Å². The van der Waals surface area contributed by atoms with Crippen LogP contribution in [0.4, 0.5) is 4.39 Å². The molecule has 1 aromatic carbocycles. The number of H-pyrrole nitrogens is 1.